The molecular weight excluding hydrogens is 312 g/mol. The maximum atomic E-state index is 12.1. The van der Waals surface area contributed by atoms with E-state index in [0.29, 0.717) is 5.75 Å². The summed E-state index contributed by atoms with van der Waals surface area (Å²) >= 11 is 0. The summed E-state index contributed by atoms with van der Waals surface area (Å²) in [5.41, 5.74) is 2.80. The Morgan fingerprint density at radius 1 is 0.800 bits per heavy atom. The predicted molar refractivity (Wildman–Crippen MR) is 97.9 cm³/mol. The van der Waals surface area contributed by atoms with E-state index in [-0.39, 0.29) is 12.4 Å². The van der Waals surface area contributed by atoms with Crippen molar-refractivity contribution in [3.8, 4) is 16.9 Å². The van der Waals surface area contributed by atoms with Gasteiger partial charge in [-0.15, -0.1) is 0 Å². The molecule has 3 aromatic carbocycles. The monoisotopic (exact) mass is 330 g/mol. The average Bonchev–Trinajstić information content (AvgIpc) is 2.68. The van der Waals surface area contributed by atoms with Crippen LogP contribution in [0.3, 0.4) is 0 Å². The van der Waals surface area contributed by atoms with Crippen LogP contribution in [0.4, 0.5) is 0 Å². The number of carbonyl (C=O) groups excluding carboxylic acids is 1. The van der Waals surface area contributed by atoms with E-state index in [4.69, 9.17) is 9.47 Å². The summed E-state index contributed by atoms with van der Waals surface area (Å²) in [5, 5.41) is 0. The minimum absolute atomic E-state index is 0.0423. The van der Waals surface area contributed by atoms with Crippen LogP contribution in [0.2, 0.25) is 0 Å². The first kappa shape index (κ1) is 16.5. The number of hydrogen-bond donors (Lipinski definition) is 0. The molecule has 25 heavy (non-hydrogen) atoms. The molecule has 0 fully saturated rings. The Balaban J connectivity index is 1.68. The molecule has 3 heteroatoms. The molecule has 0 saturated heterocycles. The highest BCUT2D eigenvalue weighted by atomic mass is 16.6. The molecule has 124 valence electrons. The molecule has 0 aliphatic carbocycles. The molecule has 0 N–H and O–H groups in total. The zero-order chi connectivity index (χ0) is 17.5. The smallest absolute Gasteiger partial charge is 0.373 e. The van der Waals surface area contributed by atoms with Crippen LogP contribution in [0, 0.1) is 0 Å². The topological polar surface area (TPSA) is 35.5 Å². The molecule has 0 amide bonds. The second-order valence-corrected chi connectivity index (χ2v) is 5.45. The molecule has 0 aliphatic rings. The molecule has 0 aromatic heterocycles. The van der Waals surface area contributed by atoms with Crippen molar-refractivity contribution in [2.75, 3.05) is 0 Å². The van der Waals surface area contributed by atoms with E-state index in [1.807, 2.05) is 78.9 Å². The van der Waals surface area contributed by atoms with Crippen molar-refractivity contribution in [2.45, 2.75) is 6.61 Å². The summed E-state index contributed by atoms with van der Waals surface area (Å²) in [7, 11) is 0. The quantitative estimate of drug-likeness (QED) is 0.363. The van der Waals surface area contributed by atoms with Crippen LogP contribution < -0.4 is 4.74 Å². The number of rotatable bonds is 6. The van der Waals surface area contributed by atoms with Crippen molar-refractivity contribution in [3.63, 3.8) is 0 Å². The van der Waals surface area contributed by atoms with Crippen LogP contribution in [-0.2, 0) is 16.1 Å². The lowest BCUT2D eigenvalue weighted by Crippen LogP contribution is -2.12. The lowest BCUT2D eigenvalue weighted by atomic mass is 10.1. The molecule has 3 aromatic rings. The summed E-state index contributed by atoms with van der Waals surface area (Å²) in [5.74, 6) is -0.0543. The third-order valence-corrected chi connectivity index (χ3v) is 3.65. The number of benzene rings is 3. The van der Waals surface area contributed by atoms with Crippen molar-refractivity contribution in [1.29, 1.82) is 0 Å². The second-order valence-electron chi connectivity index (χ2n) is 5.45. The number of para-hydroxylation sites is 1. The van der Waals surface area contributed by atoms with Crippen LogP contribution in [0.1, 0.15) is 5.56 Å². The Hall–Kier alpha value is -3.33. The molecule has 0 aliphatic heterocycles. The number of ether oxygens (including phenoxy) is 2. The van der Waals surface area contributed by atoms with E-state index in [9.17, 15) is 4.79 Å². The Morgan fingerprint density at radius 3 is 2.12 bits per heavy atom. The van der Waals surface area contributed by atoms with Gasteiger partial charge in [0.2, 0.25) is 5.76 Å². The number of carbonyl (C=O) groups is 1. The van der Waals surface area contributed by atoms with Gasteiger partial charge in [0.05, 0.1) is 0 Å². The summed E-state index contributed by atoms with van der Waals surface area (Å²) in [6, 6.07) is 26.8. The van der Waals surface area contributed by atoms with Gasteiger partial charge in [-0.3, -0.25) is 0 Å². The zero-order valence-corrected chi connectivity index (χ0v) is 13.7. The van der Waals surface area contributed by atoms with Crippen LogP contribution in [0.5, 0.6) is 5.75 Å². The molecule has 0 heterocycles. The van der Waals surface area contributed by atoms with Gasteiger partial charge in [-0.1, -0.05) is 78.9 Å². The van der Waals surface area contributed by atoms with Gasteiger partial charge in [-0.05, 0) is 23.8 Å². The maximum absolute atomic E-state index is 12.1. The largest absolute Gasteiger partial charge is 0.455 e. The van der Waals surface area contributed by atoms with Gasteiger partial charge in [-0.2, -0.15) is 0 Å². The molecule has 0 bridgehead atoms. The fourth-order valence-corrected chi connectivity index (χ4v) is 2.39. The number of esters is 1. The van der Waals surface area contributed by atoms with Crippen LogP contribution in [0.15, 0.2) is 97.3 Å². The highest BCUT2D eigenvalue weighted by Crippen LogP contribution is 2.30. The normalized spacial score (nSPS) is 10.1. The molecule has 0 atom stereocenters. The molecule has 3 rings (SSSR count). The Morgan fingerprint density at radius 2 is 1.40 bits per heavy atom. The minimum Gasteiger partial charge on any atom is -0.455 e. The maximum Gasteiger partial charge on any atom is 0.373 e. The SMILES string of the molecule is C=C(Oc1ccccc1-c1ccccc1)C(=O)OCc1ccccc1. The standard InChI is InChI=1S/C22H18O3/c1-17(22(23)24-16-18-10-4-2-5-11-18)25-21-15-9-8-14-20(21)19-12-6-3-7-13-19/h2-15H,1,16H2. The van der Waals surface area contributed by atoms with Gasteiger partial charge in [-0.25, -0.2) is 4.79 Å². The Bertz CT molecular complexity index is 855. The highest BCUT2D eigenvalue weighted by Gasteiger charge is 2.14. The van der Waals surface area contributed by atoms with Gasteiger partial charge in [0.25, 0.3) is 0 Å². The van der Waals surface area contributed by atoms with Crippen molar-refractivity contribution in [3.05, 3.63) is 103 Å². The summed E-state index contributed by atoms with van der Waals surface area (Å²) in [6.45, 7) is 3.88. The molecule has 3 nitrogen and oxygen atoms in total. The van der Waals surface area contributed by atoms with E-state index in [0.717, 1.165) is 16.7 Å². The predicted octanol–water partition coefficient (Wildman–Crippen LogP) is 4.99. The van der Waals surface area contributed by atoms with E-state index < -0.39 is 5.97 Å². The van der Waals surface area contributed by atoms with Gasteiger partial charge in [0.1, 0.15) is 12.4 Å². The fraction of sp³-hybridized carbons (Fsp3) is 0.0455. The summed E-state index contributed by atoms with van der Waals surface area (Å²) < 4.78 is 10.9. The summed E-state index contributed by atoms with van der Waals surface area (Å²) in [6.07, 6.45) is 0. The van der Waals surface area contributed by atoms with Gasteiger partial charge in [0.15, 0.2) is 0 Å². The zero-order valence-electron chi connectivity index (χ0n) is 13.7. The Labute approximate surface area is 147 Å². The van der Waals surface area contributed by atoms with Crippen molar-refractivity contribution in [2.24, 2.45) is 0 Å². The number of hydrogen-bond acceptors (Lipinski definition) is 3. The van der Waals surface area contributed by atoms with E-state index in [1.165, 1.54) is 0 Å². The van der Waals surface area contributed by atoms with E-state index in [1.54, 1.807) is 6.07 Å². The fourth-order valence-electron chi connectivity index (χ4n) is 2.39. The molecule has 0 saturated carbocycles. The third kappa shape index (κ3) is 4.36. The molecular formula is C22H18O3. The highest BCUT2D eigenvalue weighted by molar-refractivity contribution is 5.86. The molecule has 0 unspecified atom stereocenters. The van der Waals surface area contributed by atoms with Gasteiger partial charge in [0, 0.05) is 5.56 Å². The van der Waals surface area contributed by atoms with E-state index >= 15 is 0 Å². The molecule has 0 radical (unpaired) electrons. The lowest BCUT2D eigenvalue weighted by Gasteiger charge is -2.12. The van der Waals surface area contributed by atoms with Crippen LogP contribution in [0.25, 0.3) is 11.1 Å². The first-order valence-corrected chi connectivity index (χ1v) is 7.96. The van der Waals surface area contributed by atoms with Crippen molar-refractivity contribution >= 4 is 5.97 Å². The second kappa shape index (κ2) is 7.97. The van der Waals surface area contributed by atoms with Crippen LogP contribution in [-0.4, -0.2) is 5.97 Å². The van der Waals surface area contributed by atoms with Gasteiger partial charge >= 0.3 is 5.97 Å². The first-order chi connectivity index (χ1) is 12.2. The van der Waals surface area contributed by atoms with Crippen molar-refractivity contribution < 1.29 is 14.3 Å². The lowest BCUT2D eigenvalue weighted by molar-refractivity contribution is -0.142. The van der Waals surface area contributed by atoms with Gasteiger partial charge < -0.3 is 9.47 Å². The first-order valence-electron chi connectivity index (χ1n) is 7.96. The third-order valence-electron chi connectivity index (χ3n) is 3.65. The van der Waals surface area contributed by atoms with Crippen LogP contribution >= 0.6 is 0 Å². The average molecular weight is 330 g/mol. The summed E-state index contributed by atoms with van der Waals surface area (Å²) in [4.78, 5) is 12.1. The minimum atomic E-state index is -0.577. The van der Waals surface area contributed by atoms with Crippen molar-refractivity contribution in [1.82, 2.24) is 0 Å². The Kier molecular flexibility index (Phi) is 5.27. The van der Waals surface area contributed by atoms with E-state index in [2.05, 4.69) is 6.58 Å². The molecule has 0 spiro atoms.